The lowest BCUT2D eigenvalue weighted by Crippen LogP contribution is -2.37. The van der Waals surface area contributed by atoms with Crippen LogP contribution in [-0.4, -0.2) is 44.1 Å². The predicted molar refractivity (Wildman–Crippen MR) is 105 cm³/mol. The van der Waals surface area contributed by atoms with E-state index >= 15 is 0 Å². The topological polar surface area (TPSA) is 85.0 Å². The van der Waals surface area contributed by atoms with Crippen molar-refractivity contribution in [2.24, 2.45) is 5.92 Å². The summed E-state index contributed by atoms with van der Waals surface area (Å²) in [4.78, 5) is 22.9. The lowest BCUT2D eigenvalue weighted by atomic mass is 10.0. The summed E-state index contributed by atoms with van der Waals surface area (Å²) >= 11 is 0. The Bertz CT molecular complexity index is 1010. The number of hydrogen-bond acceptors (Lipinski definition) is 6. The summed E-state index contributed by atoms with van der Waals surface area (Å²) in [6, 6.07) is 9.60. The first kappa shape index (κ1) is 18.0. The minimum Gasteiger partial charge on any atom is -0.415 e. The van der Waals surface area contributed by atoms with Crippen LogP contribution < -0.4 is 0 Å². The molecule has 2 aromatic heterocycles. The van der Waals surface area contributed by atoms with Gasteiger partial charge >= 0.3 is 0 Å². The zero-order chi connectivity index (χ0) is 19.5. The van der Waals surface area contributed by atoms with Crippen LogP contribution in [0.2, 0.25) is 0 Å². The van der Waals surface area contributed by atoms with E-state index in [2.05, 4.69) is 20.2 Å². The van der Waals surface area contributed by atoms with E-state index in [1.807, 2.05) is 55.2 Å². The Morgan fingerprint density at radius 2 is 1.82 bits per heavy atom. The number of carbonyl (C=O) groups excluding carboxylic acids is 1. The van der Waals surface area contributed by atoms with Gasteiger partial charge in [-0.2, -0.15) is 0 Å². The number of aromatic nitrogens is 4. The smallest absolute Gasteiger partial charge is 0.268 e. The van der Waals surface area contributed by atoms with Gasteiger partial charge < -0.3 is 9.32 Å². The molecule has 0 fully saturated rings. The first-order valence-corrected chi connectivity index (χ1v) is 9.31. The molecule has 7 heteroatoms. The highest BCUT2D eigenvalue weighted by Crippen LogP contribution is 2.25. The van der Waals surface area contributed by atoms with Gasteiger partial charge in [0.25, 0.3) is 5.89 Å². The van der Waals surface area contributed by atoms with E-state index in [-0.39, 0.29) is 11.8 Å². The van der Waals surface area contributed by atoms with Crippen molar-refractivity contribution in [3.05, 3.63) is 54.5 Å². The Balaban J connectivity index is 1.55. The quantitative estimate of drug-likeness (QED) is 0.694. The van der Waals surface area contributed by atoms with Crippen LogP contribution in [0.15, 0.2) is 53.2 Å². The van der Waals surface area contributed by atoms with E-state index in [4.69, 9.17) is 4.42 Å². The van der Waals surface area contributed by atoms with Crippen molar-refractivity contribution in [3.8, 4) is 23.0 Å². The summed E-state index contributed by atoms with van der Waals surface area (Å²) in [5.74, 6) is 0.965. The van der Waals surface area contributed by atoms with Gasteiger partial charge in [-0.1, -0.05) is 38.1 Å². The molecule has 1 aliphatic heterocycles. The van der Waals surface area contributed by atoms with Crippen molar-refractivity contribution < 1.29 is 9.21 Å². The Labute approximate surface area is 163 Å². The van der Waals surface area contributed by atoms with Gasteiger partial charge in [-0.3, -0.25) is 9.78 Å². The summed E-state index contributed by atoms with van der Waals surface area (Å²) in [7, 11) is 0. The summed E-state index contributed by atoms with van der Waals surface area (Å²) in [5, 5.41) is 8.22. The molecule has 1 aliphatic rings. The second kappa shape index (κ2) is 7.72. The Kier molecular flexibility index (Phi) is 4.97. The highest BCUT2D eigenvalue weighted by atomic mass is 16.4. The molecule has 0 unspecified atom stereocenters. The average molecular weight is 375 g/mol. The molecule has 0 saturated carbocycles. The monoisotopic (exact) mass is 375 g/mol. The summed E-state index contributed by atoms with van der Waals surface area (Å²) in [6.07, 6.45) is 6.13. The van der Waals surface area contributed by atoms with Gasteiger partial charge in [-0.25, -0.2) is 4.98 Å². The Hall–Kier alpha value is -3.35. The molecule has 0 radical (unpaired) electrons. The first-order chi connectivity index (χ1) is 13.6. The molecule has 7 nitrogen and oxygen atoms in total. The second-order valence-electron chi connectivity index (χ2n) is 6.99. The van der Waals surface area contributed by atoms with Crippen LogP contribution in [0.25, 0.3) is 28.6 Å². The maximum absolute atomic E-state index is 12.1. The number of amides is 1. The fourth-order valence-corrected chi connectivity index (χ4v) is 3.11. The number of benzene rings is 1. The van der Waals surface area contributed by atoms with E-state index in [0.717, 1.165) is 23.3 Å². The Morgan fingerprint density at radius 3 is 2.54 bits per heavy atom. The molecule has 28 heavy (non-hydrogen) atoms. The minimum atomic E-state index is 0.00871. The molecular formula is C21H21N5O2. The van der Waals surface area contributed by atoms with Crippen LogP contribution in [-0.2, 0) is 4.79 Å². The number of nitrogens with zero attached hydrogens (tertiary/aromatic N) is 5. The van der Waals surface area contributed by atoms with Crippen molar-refractivity contribution in [3.63, 3.8) is 0 Å². The molecule has 0 saturated heterocycles. The predicted octanol–water partition coefficient (Wildman–Crippen LogP) is 3.47. The lowest BCUT2D eigenvalue weighted by molar-refractivity contribution is -0.134. The van der Waals surface area contributed by atoms with Crippen LogP contribution in [0, 0.1) is 5.92 Å². The number of rotatable bonds is 4. The molecular weight excluding hydrogens is 354 g/mol. The normalized spacial score (nSPS) is 14.2. The Morgan fingerprint density at radius 1 is 1.07 bits per heavy atom. The standard InChI is InChI=1S/C21H21N5O2/c1-14(2)21(27)26-10-8-15(9-11-26)17-12-22-13-18(23-17)20-25-24-19(28-20)16-6-4-3-5-7-16/h3-8,12-14H,9-11H2,1-2H3. The molecule has 0 aliphatic carbocycles. The maximum Gasteiger partial charge on any atom is 0.268 e. The average Bonchev–Trinajstić information content (AvgIpc) is 3.24. The zero-order valence-corrected chi connectivity index (χ0v) is 15.9. The fraction of sp³-hybridized carbons (Fsp3) is 0.286. The van der Waals surface area contributed by atoms with Gasteiger partial charge in [0, 0.05) is 24.6 Å². The van der Waals surface area contributed by atoms with Crippen LogP contribution in [0.5, 0.6) is 0 Å². The van der Waals surface area contributed by atoms with Crippen molar-refractivity contribution in [1.82, 2.24) is 25.1 Å². The van der Waals surface area contributed by atoms with E-state index < -0.39 is 0 Å². The highest BCUT2D eigenvalue weighted by Gasteiger charge is 2.21. The van der Waals surface area contributed by atoms with E-state index in [1.165, 1.54) is 0 Å². The number of hydrogen-bond donors (Lipinski definition) is 0. The van der Waals surface area contributed by atoms with Gasteiger partial charge in [0.1, 0.15) is 5.69 Å². The molecule has 0 N–H and O–H groups in total. The molecule has 3 heterocycles. The molecule has 3 aromatic rings. The van der Waals surface area contributed by atoms with Gasteiger partial charge in [-0.05, 0) is 24.1 Å². The lowest BCUT2D eigenvalue weighted by Gasteiger charge is -2.27. The van der Waals surface area contributed by atoms with Crippen molar-refractivity contribution in [1.29, 1.82) is 0 Å². The summed E-state index contributed by atoms with van der Waals surface area (Å²) in [6.45, 7) is 5.12. The minimum absolute atomic E-state index is 0.00871. The third kappa shape index (κ3) is 3.69. The van der Waals surface area contributed by atoms with E-state index in [1.54, 1.807) is 12.4 Å². The van der Waals surface area contributed by atoms with Crippen LogP contribution >= 0.6 is 0 Å². The van der Waals surface area contributed by atoms with Gasteiger partial charge in [0.15, 0.2) is 0 Å². The molecule has 1 amide bonds. The molecule has 4 rings (SSSR count). The number of carbonyl (C=O) groups is 1. The molecule has 0 bridgehead atoms. The third-order valence-electron chi connectivity index (χ3n) is 4.64. The van der Waals surface area contributed by atoms with Gasteiger partial charge in [0.2, 0.25) is 11.8 Å². The van der Waals surface area contributed by atoms with Crippen LogP contribution in [0.1, 0.15) is 26.0 Å². The molecule has 1 aromatic carbocycles. The van der Waals surface area contributed by atoms with Crippen molar-refractivity contribution in [2.75, 3.05) is 13.1 Å². The van der Waals surface area contributed by atoms with Crippen molar-refractivity contribution in [2.45, 2.75) is 20.3 Å². The van der Waals surface area contributed by atoms with Crippen LogP contribution in [0.4, 0.5) is 0 Å². The van der Waals surface area contributed by atoms with E-state index in [9.17, 15) is 4.79 Å². The SMILES string of the molecule is CC(C)C(=O)N1CC=C(c2cncc(-c3nnc(-c4ccccc4)o3)n2)CC1. The molecule has 0 spiro atoms. The first-order valence-electron chi connectivity index (χ1n) is 9.31. The third-order valence-corrected chi connectivity index (χ3v) is 4.64. The molecule has 142 valence electrons. The van der Waals surface area contributed by atoms with Gasteiger partial charge in [-0.15, -0.1) is 10.2 Å². The highest BCUT2D eigenvalue weighted by molar-refractivity contribution is 5.79. The summed E-state index contributed by atoms with van der Waals surface area (Å²) < 4.78 is 5.78. The summed E-state index contributed by atoms with van der Waals surface area (Å²) in [5.41, 5.74) is 3.24. The fourth-order valence-electron chi connectivity index (χ4n) is 3.11. The molecule has 0 atom stereocenters. The zero-order valence-electron chi connectivity index (χ0n) is 15.9. The van der Waals surface area contributed by atoms with Crippen LogP contribution in [0.3, 0.4) is 0 Å². The maximum atomic E-state index is 12.1. The van der Waals surface area contributed by atoms with Crippen molar-refractivity contribution >= 4 is 11.5 Å². The largest absolute Gasteiger partial charge is 0.415 e. The van der Waals surface area contributed by atoms with E-state index in [0.29, 0.717) is 30.6 Å². The second-order valence-corrected chi connectivity index (χ2v) is 6.99. The van der Waals surface area contributed by atoms with Gasteiger partial charge in [0.05, 0.1) is 18.1 Å².